The molecule has 2 heteroatoms. The summed E-state index contributed by atoms with van der Waals surface area (Å²) in [5.74, 6) is 0. The van der Waals surface area contributed by atoms with Gasteiger partial charge in [-0.1, -0.05) is 19.4 Å². The fraction of sp³-hybridized carbons (Fsp3) is 0.667. The van der Waals surface area contributed by atoms with Gasteiger partial charge < -0.3 is 0 Å². The first-order valence-electron chi connectivity index (χ1n) is 2.74. The molecule has 0 nitrogen and oxygen atoms in total. The van der Waals surface area contributed by atoms with Crippen LogP contribution in [0.15, 0.2) is 11.5 Å². The van der Waals surface area contributed by atoms with Gasteiger partial charge in [0.15, 0.2) is 0 Å². The molecule has 0 bridgehead atoms. The minimum atomic E-state index is 0.667. The van der Waals surface area contributed by atoms with Crippen molar-refractivity contribution in [3.05, 3.63) is 11.5 Å². The van der Waals surface area contributed by atoms with Crippen molar-refractivity contribution < 1.29 is 0 Å². The number of alkyl halides is 1. The number of hydrogen-bond donors (Lipinski definition) is 0. The van der Waals surface area contributed by atoms with E-state index in [2.05, 4.69) is 18.4 Å². The monoisotopic (exact) mass is 150 g/mol. The molecule has 0 rings (SSSR count). The molecular weight excluding hydrogens is 140 g/mol. The van der Waals surface area contributed by atoms with Crippen LogP contribution >= 0.6 is 23.4 Å². The van der Waals surface area contributed by atoms with Crippen LogP contribution in [0.4, 0.5) is 0 Å². The lowest BCUT2D eigenvalue weighted by Gasteiger charge is -1.82. The number of unbranched alkanes of at least 4 members (excludes halogenated alkanes) is 1. The highest BCUT2D eigenvalue weighted by Gasteiger charge is 1.73. The van der Waals surface area contributed by atoms with Gasteiger partial charge in [-0.3, -0.25) is 0 Å². The lowest BCUT2D eigenvalue weighted by molar-refractivity contribution is 0.960. The molecule has 0 saturated carbocycles. The summed E-state index contributed by atoms with van der Waals surface area (Å²) >= 11 is 7.03. The van der Waals surface area contributed by atoms with Crippen molar-refractivity contribution in [1.82, 2.24) is 0 Å². The third kappa shape index (κ3) is 6.38. The van der Waals surface area contributed by atoms with Crippen LogP contribution < -0.4 is 0 Å². The molecule has 0 fully saturated rings. The van der Waals surface area contributed by atoms with Gasteiger partial charge in [0.2, 0.25) is 0 Å². The molecule has 0 aromatic carbocycles. The molecule has 0 amide bonds. The number of hydrogen-bond acceptors (Lipinski definition) is 1. The Labute approximate surface area is 60.3 Å². The van der Waals surface area contributed by atoms with Crippen molar-refractivity contribution in [2.75, 3.05) is 5.21 Å². The van der Waals surface area contributed by atoms with Crippen LogP contribution in [0.25, 0.3) is 0 Å². The zero-order valence-corrected chi connectivity index (χ0v) is 6.63. The zero-order valence-electron chi connectivity index (χ0n) is 5.06. The summed E-state index contributed by atoms with van der Waals surface area (Å²) < 4.78 is 0. The normalized spacial score (nSPS) is 10.8. The maximum Gasteiger partial charge on any atom is 0.0721 e. The van der Waals surface area contributed by atoms with Crippen LogP contribution in [-0.4, -0.2) is 5.21 Å². The van der Waals surface area contributed by atoms with E-state index in [0.717, 1.165) is 0 Å². The number of thioether (sulfide) groups is 1. The molecule has 0 aromatic rings. The van der Waals surface area contributed by atoms with E-state index in [1.54, 1.807) is 11.8 Å². The Hall–Kier alpha value is 0.380. The van der Waals surface area contributed by atoms with Crippen molar-refractivity contribution in [1.29, 1.82) is 0 Å². The zero-order chi connectivity index (χ0) is 6.24. The Bertz CT molecular complexity index is 53.5. The van der Waals surface area contributed by atoms with Gasteiger partial charge in [-0.2, -0.15) is 0 Å². The van der Waals surface area contributed by atoms with Crippen LogP contribution in [0.5, 0.6) is 0 Å². The fourth-order valence-electron chi connectivity index (χ4n) is 0.339. The molecule has 0 radical (unpaired) electrons. The van der Waals surface area contributed by atoms with E-state index in [1.807, 2.05) is 0 Å². The predicted molar refractivity (Wildman–Crippen MR) is 42.4 cm³/mol. The topological polar surface area (TPSA) is 0 Å². The molecule has 0 aliphatic rings. The molecule has 0 saturated heterocycles. The Kier molecular flexibility index (Phi) is 7.73. The molecule has 8 heavy (non-hydrogen) atoms. The molecule has 0 N–H and O–H groups in total. The van der Waals surface area contributed by atoms with Crippen LogP contribution in [0, 0.1) is 0 Å². The van der Waals surface area contributed by atoms with E-state index >= 15 is 0 Å². The highest BCUT2D eigenvalue weighted by atomic mass is 35.5. The molecule has 48 valence electrons. The molecule has 0 atom stereocenters. The van der Waals surface area contributed by atoms with Gasteiger partial charge in [0.1, 0.15) is 0 Å². The van der Waals surface area contributed by atoms with Gasteiger partial charge in [0.05, 0.1) is 5.21 Å². The fourth-order valence-corrected chi connectivity index (χ4v) is 0.902. The average Bonchev–Trinajstić information content (AvgIpc) is 1.81. The van der Waals surface area contributed by atoms with Crippen molar-refractivity contribution in [3.8, 4) is 0 Å². The summed E-state index contributed by atoms with van der Waals surface area (Å²) in [5.41, 5.74) is 0. The van der Waals surface area contributed by atoms with Crippen molar-refractivity contribution in [3.63, 3.8) is 0 Å². The van der Waals surface area contributed by atoms with E-state index in [-0.39, 0.29) is 0 Å². The van der Waals surface area contributed by atoms with E-state index in [4.69, 9.17) is 11.6 Å². The van der Waals surface area contributed by atoms with Crippen LogP contribution in [-0.2, 0) is 0 Å². The molecule has 0 unspecified atom stereocenters. The lowest BCUT2D eigenvalue weighted by Crippen LogP contribution is -1.58. The Balaban J connectivity index is 2.83. The second-order valence-corrected chi connectivity index (χ2v) is 2.91. The van der Waals surface area contributed by atoms with Gasteiger partial charge in [-0.25, -0.2) is 0 Å². The first-order valence-corrected chi connectivity index (χ1v) is 4.32. The highest BCUT2D eigenvalue weighted by molar-refractivity contribution is 8.03. The molecule has 0 aliphatic heterocycles. The largest absolute Gasteiger partial charge is 0.118 e. The molecule has 0 aromatic heterocycles. The first-order chi connectivity index (χ1) is 3.91. The second-order valence-electron chi connectivity index (χ2n) is 1.44. The highest BCUT2D eigenvalue weighted by Crippen LogP contribution is 2.04. The van der Waals surface area contributed by atoms with Crippen molar-refractivity contribution in [2.24, 2.45) is 0 Å². The molecule has 0 aliphatic carbocycles. The molecule has 0 heterocycles. The molecular formula is C6H11ClS. The maximum atomic E-state index is 5.39. The standard InChI is InChI=1S/C6H11ClS/c1-2-3-4-5-8-6-7/h4-5H,2-3,6H2,1H3. The van der Waals surface area contributed by atoms with E-state index in [0.29, 0.717) is 5.21 Å². The van der Waals surface area contributed by atoms with Crippen LogP contribution in [0.1, 0.15) is 19.8 Å². The van der Waals surface area contributed by atoms with Gasteiger partial charge in [-0.05, 0) is 11.8 Å². The Morgan fingerprint density at radius 1 is 1.62 bits per heavy atom. The summed E-state index contributed by atoms with van der Waals surface area (Å²) in [6.45, 7) is 2.16. The van der Waals surface area contributed by atoms with Gasteiger partial charge in [0.25, 0.3) is 0 Å². The Morgan fingerprint density at radius 2 is 2.38 bits per heavy atom. The summed E-state index contributed by atoms with van der Waals surface area (Å²) in [6.07, 6.45) is 4.54. The number of allylic oxidation sites excluding steroid dienone is 1. The van der Waals surface area contributed by atoms with E-state index in [9.17, 15) is 0 Å². The Morgan fingerprint density at radius 3 is 2.88 bits per heavy atom. The number of halogens is 1. The van der Waals surface area contributed by atoms with Gasteiger partial charge in [-0.15, -0.1) is 23.4 Å². The minimum Gasteiger partial charge on any atom is -0.118 e. The summed E-state index contributed by atoms with van der Waals surface area (Å²) in [4.78, 5) is 0. The van der Waals surface area contributed by atoms with E-state index < -0.39 is 0 Å². The van der Waals surface area contributed by atoms with E-state index in [1.165, 1.54) is 12.8 Å². The number of rotatable bonds is 4. The van der Waals surface area contributed by atoms with Crippen molar-refractivity contribution in [2.45, 2.75) is 19.8 Å². The van der Waals surface area contributed by atoms with Crippen LogP contribution in [0.2, 0.25) is 0 Å². The SMILES string of the molecule is CCCC=CSCCl. The van der Waals surface area contributed by atoms with Crippen LogP contribution in [0.3, 0.4) is 0 Å². The quantitative estimate of drug-likeness (QED) is 0.555. The van der Waals surface area contributed by atoms with Gasteiger partial charge in [0, 0.05) is 0 Å². The summed E-state index contributed by atoms with van der Waals surface area (Å²) in [6, 6.07) is 0. The predicted octanol–water partition coefficient (Wildman–Crippen LogP) is 3.23. The summed E-state index contributed by atoms with van der Waals surface area (Å²) in [5, 5.41) is 2.72. The second kappa shape index (κ2) is 7.38. The van der Waals surface area contributed by atoms with Gasteiger partial charge >= 0.3 is 0 Å². The smallest absolute Gasteiger partial charge is 0.0721 e. The van der Waals surface area contributed by atoms with Crippen molar-refractivity contribution >= 4 is 23.4 Å². The molecule has 0 spiro atoms. The first kappa shape index (κ1) is 8.38. The third-order valence-electron chi connectivity index (χ3n) is 0.711. The lowest BCUT2D eigenvalue weighted by atomic mass is 10.3. The minimum absolute atomic E-state index is 0.667. The maximum absolute atomic E-state index is 5.39. The third-order valence-corrected chi connectivity index (χ3v) is 1.60. The average molecular weight is 151 g/mol. The summed E-state index contributed by atoms with van der Waals surface area (Å²) in [7, 11) is 0.